The Morgan fingerprint density at radius 3 is 1.96 bits per heavy atom. The molecule has 0 aromatic carbocycles. The Morgan fingerprint density at radius 1 is 0.833 bits per heavy atom. The average molecular weight is 341 g/mol. The first-order valence-corrected chi connectivity index (χ1v) is 10.2. The van der Waals surface area contributed by atoms with Gasteiger partial charge >= 0.3 is 0 Å². The molecule has 0 aromatic rings. The third-order valence-electron chi connectivity index (χ3n) is 7.59. The molecule has 2 rings (SSSR count). The fourth-order valence-electron chi connectivity index (χ4n) is 4.78. The van der Waals surface area contributed by atoms with Crippen LogP contribution in [-0.4, -0.2) is 37.1 Å². The molecule has 24 heavy (non-hydrogen) atoms. The second-order valence-corrected chi connectivity index (χ2v) is 8.60. The summed E-state index contributed by atoms with van der Waals surface area (Å²) in [5.74, 6) is 2.97. The first-order chi connectivity index (χ1) is 11.3. The van der Waals surface area contributed by atoms with Gasteiger partial charge in [-0.25, -0.2) is 0 Å². The Bertz CT molecular complexity index is 397. The van der Waals surface area contributed by atoms with E-state index >= 15 is 0 Å². The highest BCUT2D eigenvalue weighted by molar-refractivity contribution is 4.96. The summed E-state index contributed by atoms with van der Waals surface area (Å²) in [6.07, 6.45) is 2.99. The van der Waals surface area contributed by atoms with Crippen molar-refractivity contribution in [1.82, 2.24) is 0 Å². The van der Waals surface area contributed by atoms with Crippen LogP contribution in [0.4, 0.5) is 0 Å². The molecule has 2 saturated heterocycles. The SMILES string of the molecule is CCC1OC(COCC2(CC)OC(C)C(C)C2C)C(C)C(C)C1C. The lowest BCUT2D eigenvalue weighted by Gasteiger charge is -2.44. The molecule has 0 radical (unpaired) electrons. The first kappa shape index (κ1) is 20.2. The van der Waals surface area contributed by atoms with Crippen LogP contribution in [-0.2, 0) is 14.2 Å². The largest absolute Gasteiger partial charge is 0.376 e. The topological polar surface area (TPSA) is 27.7 Å². The molecule has 0 amide bonds. The zero-order valence-electron chi connectivity index (χ0n) is 17.2. The minimum atomic E-state index is -0.125. The van der Waals surface area contributed by atoms with E-state index in [1.165, 1.54) is 0 Å². The van der Waals surface area contributed by atoms with Crippen LogP contribution in [0.2, 0.25) is 0 Å². The van der Waals surface area contributed by atoms with Crippen molar-refractivity contribution >= 4 is 0 Å². The van der Waals surface area contributed by atoms with E-state index in [4.69, 9.17) is 14.2 Å². The van der Waals surface area contributed by atoms with E-state index in [1.54, 1.807) is 0 Å². The highest BCUT2D eigenvalue weighted by Gasteiger charge is 2.48. The molecule has 3 heteroatoms. The van der Waals surface area contributed by atoms with Gasteiger partial charge in [0.05, 0.1) is 37.1 Å². The molecular formula is C21H40O3. The van der Waals surface area contributed by atoms with Gasteiger partial charge in [0.2, 0.25) is 0 Å². The second kappa shape index (κ2) is 8.05. The van der Waals surface area contributed by atoms with E-state index in [2.05, 4.69) is 55.4 Å². The molecule has 0 aliphatic carbocycles. The van der Waals surface area contributed by atoms with Crippen LogP contribution in [0.3, 0.4) is 0 Å². The minimum absolute atomic E-state index is 0.125. The van der Waals surface area contributed by atoms with Gasteiger partial charge in [-0.3, -0.25) is 0 Å². The summed E-state index contributed by atoms with van der Waals surface area (Å²) in [6.45, 7) is 19.6. The lowest BCUT2D eigenvalue weighted by atomic mass is 9.76. The number of hydrogen-bond acceptors (Lipinski definition) is 3. The highest BCUT2D eigenvalue weighted by atomic mass is 16.6. The van der Waals surface area contributed by atoms with E-state index in [9.17, 15) is 0 Å². The number of ether oxygens (including phenoxy) is 3. The quantitative estimate of drug-likeness (QED) is 0.686. The Labute approximate surface area is 149 Å². The van der Waals surface area contributed by atoms with E-state index in [0.717, 1.165) is 12.8 Å². The van der Waals surface area contributed by atoms with Gasteiger partial charge in [0.1, 0.15) is 0 Å². The monoisotopic (exact) mass is 340 g/mol. The Hall–Kier alpha value is -0.120. The van der Waals surface area contributed by atoms with Gasteiger partial charge in [-0.1, -0.05) is 48.5 Å². The Morgan fingerprint density at radius 2 is 1.46 bits per heavy atom. The highest BCUT2D eigenvalue weighted by Crippen LogP contribution is 2.43. The summed E-state index contributed by atoms with van der Waals surface area (Å²) in [4.78, 5) is 0. The van der Waals surface area contributed by atoms with Crippen molar-refractivity contribution in [3.63, 3.8) is 0 Å². The van der Waals surface area contributed by atoms with E-state index in [0.29, 0.717) is 55.0 Å². The lowest BCUT2D eigenvalue weighted by molar-refractivity contribution is -0.171. The normalized spacial score (nSPS) is 49.5. The predicted molar refractivity (Wildman–Crippen MR) is 99.2 cm³/mol. The molecule has 2 aliphatic rings. The van der Waals surface area contributed by atoms with Gasteiger partial charge in [0.25, 0.3) is 0 Å². The molecule has 2 heterocycles. The number of rotatable bonds is 6. The van der Waals surface area contributed by atoms with Crippen LogP contribution in [0.25, 0.3) is 0 Å². The van der Waals surface area contributed by atoms with Crippen molar-refractivity contribution in [2.24, 2.45) is 29.6 Å². The van der Waals surface area contributed by atoms with Crippen LogP contribution in [0.15, 0.2) is 0 Å². The van der Waals surface area contributed by atoms with Crippen molar-refractivity contribution < 1.29 is 14.2 Å². The second-order valence-electron chi connectivity index (χ2n) is 8.60. The summed E-state index contributed by atoms with van der Waals surface area (Å²) in [6, 6.07) is 0. The Kier molecular flexibility index (Phi) is 6.78. The average Bonchev–Trinajstić information content (AvgIpc) is 2.79. The molecule has 9 atom stereocenters. The first-order valence-electron chi connectivity index (χ1n) is 10.2. The molecule has 9 unspecified atom stereocenters. The molecule has 0 bridgehead atoms. The Balaban J connectivity index is 1.93. The molecule has 0 aromatic heterocycles. The third kappa shape index (κ3) is 3.68. The van der Waals surface area contributed by atoms with Crippen molar-refractivity contribution in [2.45, 2.75) is 92.1 Å². The summed E-state index contributed by atoms with van der Waals surface area (Å²) >= 11 is 0. The standard InChI is InChI=1S/C21H40O3/c1-9-19-14(4)13(3)15(5)20(23-19)11-22-12-21(10-2)17(7)16(6)18(8)24-21/h13-20H,9-12H2,1-8H3. The van der Waals surface area contributed by atoms with Crippen LogP contribution in [0.5, 0.6) is 0 Å². The summed E-state index contributed by atoms with van der Waals surface area (Å²) < 4.78 is 18.9. The van der Waals surface area contributed by atoms with Gasteiger partial charge in [-0.15, -0.1) is 0 Å². The molecular weight excluding hydrogens is 300 g/mol. The maximum Gasteiger partial charge on any atom is 0.0944 e. The maximum absolute atomic E-state index is 6.37. The van der Waals surface area contributed by atoms with Crippen LogP contribution < -0.4 is 0 Å². The zero-order valence-corrected chi connectivity index (χ0v) is 17.2. The van der Waals surface area contributed by atoms with Crippen LogP contribution >= 0.6 is 0 Å². The van der Waals surface area contributed by atoms with Gasteiger partial charge < -0.3 is 14.2 Å². The smallest absolute Gasteiger partial charge is 0.0944 e. The van der Waals surface area contributed by atoms with E-state index in [1.807, 2.05) is 0 Å². The van der Waals surface area contributed by atoms with E-state index < -0.39 is 0 Å². The third-order valence-corrected chi connectivity index (χ3v) is 7.59. The minimum Gasteiger partial charge on any atom is -0.376 e. The molecule has 2 aliphatic heterocycles. The maximum atomic E-state index is 6.37. The zero-order chi connectivity index (χ0) is 18.1. The molecule has 0 spiro atoms. The van der Waals surface area contributed by atoms with Crippen LogP contribution in [0, 0.1) is 29.6 Å². The molecule has 3 nitrogen and oxygen atoms in total. The fourth-order valence-corrected chi connectivity index (χ4v) is 4.78. The van der Waals surface area contributed by atoms with Crippen LogP contribution in [0.1, 0.15) is 68.2 Å². The summed E-state index contributed by atoms with van der Waals surface area (Å²) in [7, 11) is 0. The molecule has 142 valence electrons. The molecule has 0 N–H and O–H groups in total. The van der Waals surface area contributed by atoms with Gasteiger partial charge in [-0.2, -0.15) is 0 Å². The van der Waals surface area contributed by atoms with E-state index in [-0.39, 0.29) is 11.7 Å². The van der Waals surface area contributed by atoms with Gasteiger partial charge in [0.15, 0.2) is 0 Å². The molecule has 2 fully saturated rings. The lowest BCUT2D eigenvalue weighted by Crippen LogP contribution is -2.47. The fraction of sp³-hybridized carbons (Fsp3) is 1.00. The molecule has 0 saturated carbocycles. The number of hydrogen-bond donors (Lipinski definition) is 0. The summed E-state index contributed by atoms with van der Waals surface area (Å²) in [5.41, 5.74) is -0.125. The predicted octanol–water partition coefficient (Wildman–Crippen LogP) is 4.93. The van der Waals surface area contributed by atoms with Crippen molar-refractivity contribution in [2.75, 3.05) is 13.2 Å². The van der Waals surface area contributed by atoms with Gasteiger partial charge in [0, 0.05) is 0 Å². The van der Waals surface area contributed by atoms with Crippen molar-refractivity contribution in [1.29, 1.82) is 0 Å². The summed E-state index contributed by atoms with van der Waals surface area (Å²) in [5, 5.41) is 0. The van der Waals surface area contributed by atoms with Crippen molar-refractivity contribution in [3.05, 3.63) is 0 Å². The van der Waals surface area contributed by atoms with Crippen molar-refractivity contribution in [3.8, 4) is 0 Å². The van der Waals surface area contributed by atoms with Gasteiger partial charge in [-0.05, 0) is 49.4 Å².